The van der Waals surface area contributed by atoms with Crippen molar-refractivity contribution in [2.75, 3.05) is 0 Å². The van der Waals surface area contributed by atoms with Crippen molar-refractivity contribution in [1.82, 2.24) is 0 Å². The molecule has 0 radical (unpaired) electrons. The van der Waals surface area contributed by atoms with E-state index in [2.05, 4.69) is 89.8 Å². The first-order chi connectivity index (χ1) is 12.2. The summed E-state index contributed by atoms with van der Waals surface area (Å²) >= 11 is 3.81. The van der Waals surface area contributed by atoms with Crippen LogP contribution in [-0.4, -0.2) is 0 Å². The van der Waals surface area contributed by atoms with Crippen LogP contribution in [0, 0.1) is 0 Å². The Bertz CT molecular complexity index is 919. The molecule has 0 spiro atoms. The van der Waals surface area contributed by atoms with Gasteiger partial charge >= 0.3 is 0 Å². The fourth-order valence-electron chi connectivity index (χ4n) is 2.85. The van der Waals surface area contributed by atoms with E-state index in [4.69, 9.17) is 0 Å². The van der Waals surface area contributed by atoms with Crippen LogP contribution in [0.2, 0.25) is 0 Å². The predicted molar refractivity (Wildman–Crippen MR) is 113 cm³/mol. The van der Waals surface area contributed by atoms with Crippen LogP contribution >= 0.6 is 15.9 Å². The van der Waals surface area contributed by atoms with Crippen LogP contribution in [-0.2, 0) is 0 Å². The molecular weight excluding hydrogens is 368 g/mol. The van der Waals surface area contributed by atoms with Crippen molar-refractivity contribution >= 4 is 21.5 Å². The van der Waals surface area contributed by atoms with Crippen molar-refractivity contribution in [3.63, 3.8) is 0 Å². The molecule has 3 aromatic rings. The summed E-state index contributed by atoms with van der Waals surface area (Å²) in [6.45, 7) is 7.79. The normalized spacial score (nSPS) is 11.2. The number of allylic oxidation sites excluding steroid dienone is 4. The minimum atomic E-state index is 1.04. The van der Waals surface area contributed by atoms with Gasteiger partial charge in [-0.05, 0) is 61.5 Å². The Morgan fingerprint density at radius 1 is 0.760 bits per heavy atom. The smallest absolute Gasteiger partial charge is 0.0332 e. The van der Waals surface area contributed by atoms with E-state index in [1.165, 1.54) is 16.7 Å². The minimum Gasteiger partial charge on any atom is -0.0990 e. The van der Waals surface area contributed by atoms with Crippen LogP contribution in [0.15, 0.2) is 109 Å². The Balaban J connectivity index is 2.30. The van der Waals surface area contributed by atoms with Gasteiger partial charge in [-0.3, -0.25) is 0 Å². The Labute approximate surface area is 158 Å². The summed E-state index contributed by atoms with van der Waals surface area (Å²) in [6.07, 6.45) is 5.64. The first-order valence-electron chi connectivity index (χ1n) is 8.14. The van der Waals surface area contributed by atoms with E-state index in [0.717, 1.165) is 21.2 Å². The highest BCUT2D eigenvalue weighted by molar-refractivity contribution is 9.10. The summed E-state index contributed by atoms with van der Waals surface area (Å²) in [6, 6.07) is 25.3. The molecule has 0 aromatic heterocycles. The van der Waals surface area contributed by atoms with E-state index in [1.807, 2.05) is 24.3 Å². The standard InChI is InChI=1S/C24H19Br/c1-3-11-18(4-2)22-16-21(19-12-7-5-8-13-19)17-23(24(22)25)20-14-9-6-10-15-20/h3-17H,1-2H2/b18-11+. The first kappa shape index (κ1) is 17.2. The fourth-order valence-corrected chi connectivity index (χ4v) is 3.54. The molecule has 25 heavy (non-hydrogen) atoms. The van der Waals surface area contributed by atoms with E-state index >= 15 is 0 Å². The van der Waals surface area contributed by atoms with Gasteiger partial charge in [0.15, 0.2) is 0 Å². The highest BCUT2D eigenvalue weighted by atomic mass is 79.9. The summed E-state index contributed by atoms with van der Waals surface area (Å²) in [5, 5.41) is 0. The number of halogens is 1. The lowest BCUT2D eigenvalue weighted by molar-refractivity contribution is 1.52. The lowest BCUT2D eigenvalue weighted by Crippen LogP contribution is -1.91. The maximum Gasteiger partial charge on any atom is 0.0332 e. The molecular formula is C24H19Br. The van der Waals surface area contributed by atoms with Crippen molar-refractivity contribution in [3.05, 3.63) is 114 Å². The number of hydrogen-bond acceptors (Lipinski definition) is 0. The molecule has 3 rings (SSSR count). The average Bonchev–Trinajstić information content (AvgIpc) is 2.68. The lowest BCUT2D eigenvalue weighted by atomic mass is 9.93. The van der Waals surface area contributed by atoms with Crippen LogP contribution in [0.1, 0.15) is 5.56 Å². The third-order valence-corrected chi connectivity index (χ3v) is 4.95. The molecule has 1 heteroatoms. The van der Waals surface area contributed by atoms with Crippen LogP contribution < -0.4 is 0 Å². The SMILES string of the molecule is C=C/C=C(\C=C)c1cc(-c2ccccc2)cc(-c2ccccc2)c1Br. The lowest BCUT2D eigenvalue weighted by Gasteiger charge is -2.15. The van der Waals surface area contributed by atoms with Crippen molar-refractivity contribution in [1.29, 1.82) is 0 Å². The van der Waals surface area contributed by atoms with E-state index in [9.17, 15) is 0 Å². The van der Waals surface area contributed by atoms with Crippen LogP contribution in [0.3, 0.4) is 0 Å². The van der Waals surface area contributed by atoms with Crippen molar-refractivity contribution in [3.8, 4) is 22.3 Å². The molecule has 0 saturated carbocycles. The summed E-state index contributed by atoms with van der Waals surface area (Å²) in [7, 11) is 0. The predicted octanol–water partition coefficient (Wildman–Crippen LogP) is 7.54. The zero-order chi connectivity index (χ0) is 17.6. The summed E-state index contributed by atoms with van der Waals surface area (Å²) in [5.41, 5.74) is 6.85. The second-order valence-corrected chi connectivity index (χ2v) is 6.47. The van der Waals surface area contributed by atoms with Gasteiger partial charge in [0.05, 0.1) is 0 Å². The molecule has 0 fully saturated rings. The van der Waals surface area contributed by atoms with Gasteiger partial charge in [-0.1, -0.05) is 92.0 Å². The Hall–Kier alpha value is -2.64. The molecule has 0 nitrogen and oxygen atoms in total. The zero-order valence-electron chi connectivity index (χ0n) is 14.0. The molecule has 0 aliphatic carbocycles. The number of benzene rings is 3. The van der Waals surface area contributed by atoms with Gasteiger partial charge in [0.25, 0.3) is 0 Å². The fraction of sp³-hybridized carbons (Fsp3) is 0. The average molecular weight is 387 g/mol. The summed E-state index contributed by atoms with van der Waals surface area (Å²) in [4.78, 5) is 0. The number of hydrogen-bond donors (Lipinski definition) is 0. The van der Waals surface area contributed by atoms with Gasteiger partial charge in [0.2, 0.25) is 0 Å². The van der Waals surface area contributed by atoms with Crippen molar-refractivity contribution in [2.45, 2.75) is 0 Å². The quantitative estimate of drug-likeness (QED) is 0.397. The topological polar surface area (TPSA) is 0 Å². The second kappa shape index (κ2) is 7.96. The zero-order valence-corrected chi connectivity index (χ0v) is 15.5. The highest BCUT2D eigenvalue weighted by Gasteiger charge is 2.13. The highest BCUT2D eigenvalue weighted by Crippen LogP contribution is 2.38. The molecule has 0 aliphatic rings. The number of rotatable bonds is 5. The first-order valence-corrected chi connectivity index (χ1v) is 8.94. The molecule has 0 atom stereocenters. The largest absolute Gasteiger partial charge is 0.0990 e. The van der Waals surface area contributed by atoms with E-state index in [1.54, 1.807) is 6.08 Å². The van der Waals surface area contributed by atoms with E-state index < -0.39 is 0 Å². The van der Waals surface area contributed by atoms with Crippen molar-refractivity contribution in [2.24, 2.45) is 0 Å². The van der Waals surface area contributed by atoms with Crippen LogP contribution in [0.25, 0.3) is 27.8 Å². The van der Waals surface area contributed by atoms with Crippen LogP contribution in [0.4, 0.5) is 0 Å². The monoisotopic (exact) mass is 386 g/mol. The van der Waals surface area contributed by atoms with Gasteiger partial charge in [-0.2, -0.15) is 0 Å². The maximum atomic E-state index is 3.97. The molecule has 0 saturated heterocycles. The van der Waals surface area contributed by atoms with Gasteiger partial charge < -0.3 is 0 Å². The minimum absolute atomic E-state index is 1.04. The van der Waals surface area contributed by atoms with Crippen molar-refractivity contribution < 1.29 is 0 Å². The van der Waals surface area contributed by atoms with Gasteiger partial charge in [0.1, 0.15) is 0 Å². The third kappa shape index (κ3) is 3.72. The summed E-state index contributed by atoms with van der Waals surface area (Å²) < 4.78 is 1.06. The molecule has 122 valence electrons. The Kier molecular flexibility index (Phi) is 5.47. The molecule has 0 unspecified atom stereocenters. The van der Waals surface area contributed by atoms with E-state index in [-0.39, 0.29) is 0 Å². The van der Waals surface area contributed by atoms with Gasteiger partial charge in [0, 0.05) is 4.47 Å². The molecule has 0 amide bonds. The Morgan fingerprint density at radius 3 is 1.92 bits per heavy atom. The van der Waals surface area contributed by atoms with Crippen LogP contribution in [0.5, 0.6) is 0 Å². The van der Waals surface area contributed by atoms with Gasteiger partial charge in [-0.25, -0.2) is 0 Å². The molecule has 0 bridgehead atoms. The second-order valence-electron chi connectivity index (χ2n) is 5.68. The molecule has 3 aromatic carbocycles. The summed E-state index contributed by atoms with van der Waals surface area (Å²) in [5.74, 6) is 0. The maximum absolute atomic E-state index is 3.97. The molecule has 0 aliphatic heterocycles. The van der Waals surface area contributed by atoms with E-state index in [0.29, 0.717) is 0 Å². The molecule has 0 heterocycles. The third-order valence-electron chi connectivity index (χ3n) is 4.09. The molecule has 0 N–H and O–H groups in total. The Morgan fingerprint density at radius 2 is 1.36 bits per heavy atom. The van der Waals surface area contributed by atoms with Gasteiger partial charge in [-0.15, -0.1) is 0 Å².